The second-order valence-electron chi connectivity index (χ2n) is 3.72. The molecule has 88 valence electrons. The molecule has 0 saturated heterocycles. The number of carbonyl (C=O) groups is 1. The van der Waals surface area contributed by atoms with E-state index >= 15 is 0 Å². The van der Waals surface area contributed by atoms with Crippen LogP contribution in [0.25, 0.3) is 0 Å². The minimum atomic E-state index is -0.180. The Morgan fingerprint density at radius 3 is 2.56 bits per heavy atom. The Kier molecular flexibility index (Phi) is 5.33. The molecule has 16 heavy (non-hydrogen) atoms. The molecule has 0 aliphatic heterocycles. The number of hydrogen-bond acceptors (Lipinski definition) is 2. The monoisotopic (exact) mass is 240 g/mol. The Morgan fingerprint density at radius 2 is 2.00 bits per heavy atom. The molecule has 1 atom stereocenters. The van der Waals surface area contributed by atoms with Gasteiger partial charge >= 0.3 is 5.97 Å². The Labute approximate surface area is 102 Å². The molecule has 0 heterocycles. The van der Waals surface area contributed by atoms with Gasteiger partial charge in [0.25, 0.3) is 0 Å². The van der Waals surface area contributed by atoms with Crippen LogP contribution in [0, 0.1) is 6.92 Å². The normalized spacial score (nSPS) is 12.2. The molecule has 3 heteroatoms. The molecule has 0 saturated carbocycles. The lowest BCUT2D eigenvalue weighted by Crippen LogP contribution is -2.05. The number of halogens is 1. The van der Waals surface area contributed by atoms with Gasteiger partial charge in [-0.15, -0.1) is 11.6 Å². The van der Waals surface area contributed by atoms with Crippen LogP contribution in [-0.2, 0) is 9.53 Å². The van der Waals surface area contributed by atoms with Crippen LogP contribution in [0.15, 0.2) is 24.3 Å². The maximum Gasteiger partial charge on any atom is 0.305 e. The Morgan fingerprint density at radius 1 is 1.38 bits per heavy atom. The molecule has 1 aromatic carbocycles. The average Bonchev–Trinajstić information content (AvgIpc) is 2.27. The highest BCUT2D eigenvalue weighted by Gasteiger charge is 2.10. The molecule has 0 bridgehead atoms. The first kappa shape index (κ1) is 13.0. The number of benzene rings is 1. The van der Waals surface area contributed by atoms with Crippen LogP contribution in [-0.4, -0.2) is 12.6 Å². The number of aryl methyl sites for hydroxylation is 1. The van der Waals surface area contributed by atoms with Crippen LogP contribution in [0.1, 0.15) is 36.3 Å². The summed E-state index contributed by atoms with van der Waals surface area (Å²) >= 11 is 6.20. The van der Waals surface area contributed by atoms with Gasteiger partial charge in [0.1, 0.15) is 0 Å². The second kappa shape index (κ2) is 6.54. The summed E-state index contributed by atoms with van der Waals surface area (Å²) in [5, 5.41) is -0.120. The number of esters is 1. The Hall–Kier alpha value is -1.02. The van der Waals surface area contributed by atoms with Gasteiger partial charge in [-0.3, -0.25) is 4.79 Å². The predicted molar refractivity (Wildman–Crippen MR) is 65.6 cm³/mol. The number of alkyl halides is 1. The number of hydrogen-bond donors (Lipinski definition) is 0. The van der Waals surface area contributed by atoms with E-state index in [-0.39, 0.29) is 11.3 Å². The number of rotatable bonds is 5. The van der Waals surface area contributed by atoms with Crippen LogP contribution >= 0.6 is 11.6 Å². The van der Waals surface area contributed by atoms with E-state index in [2.05, 4.69) is 0 Å². The summed E-state index contributed by atoms with van der Waals surface area (Å²) in [6.07, 6.45) is 0.985. The second-order valence-corrected chi connectivity index (χ2v) is 4.25. The summed E-state index contributed by atoms with van der Waals surface area (Å²) in [6.45, 7) is 4.26. The van der Waals surface area contributed by atoms with Gasteiger partial charge in [0, 0.05) is 6.42 Å². The fourth-order valence-electron chi connectivity index (χ4n) is 1.42. The molecule has 0 spiro atoms. The fraction of sp³-hybridized carbons (Fsp3) is 0.462. The lowest BCUT2D eigenvalue weighted by molar-refractivity contribution is -0.143. The molecule has 0 fully saturated rings. The molecule has 1 unspecified atom stereocenters. The van der Waals surface area contributed by atoms with E-state index in [1.807, 2.05) is 31.2 Å². The third kappa shape index (κ3) is 4.23. The molecule has 0 aliphatic rings. The van der Waals surface area contributed by atoms with Gasteiger partial charge in [-0.05, 0) is 25.8 Å². The fourth-order valence-corrected chi connectivity index (χ4v) is 1.67. The highest BCUT2D eigenvalue weighted by atomic mass is 35.5. The van der Waals surface area contributed by atoms with E-state index in [9.17, 15) is 4.79 Å². The van der Waals surface area contributed by atoms with E-state index in [0.29, 0.717) is 19.4 Å². The molecule has 0 aromatic heterocycles. The van der Waals surface area contributed by atoms with Crippen molar-refractivity contribution in [1.29, 1.82) is 0 Å². The molecular weight excluding hydrogens is 224 g/mol. The standard InChI is InChI=1S/C13H17ClO2/c1-3-16-13(15)9-8-12(14)11-6-4-10(2)5-7-11/h4-7,12H,3,8-9H2,1-2H3. The molecule has 1 rings (SSSR count). The first-order chi connectivity index (χ1) is 7.63. The van der Waals surface area contributed by atoms with E-state index in [4.69, 9.17) is 16.3 Å². The Bertz CT molecular complexity index is 332. The van der Waals surface area contributed by atoms with E-state index in [1.165, 1.54) is 5.56 Å². The van der Waals surface area contributed by atoms with Crippen molar-refractivity contribution in [3.8, 4) is 0 Å². The highest BCUT2D eigenvalue weighted by Crippen LogP contribution is 2.25. The van der Waals surface area contributed by atoms with Gasteiger partial charge in [0.05, 0.1) is 12.0 Å². The van der Waals surface area contributed by atoms with Crippen molar-refractivity contribution in [1.82, 2.24) is 0 Å². The molecule has 0 amide bonds. The summed E-state index contributed by atoms with van der Waals surface area (Å²) < 4.78 is 4.85. The third-order valence-corrected chi connectivity index (χ3v) is 2.82. The third-order valence-electron chi connectivity index (χ3n) is 2.35. The highest BCUT2D eigenvalue weighted by molar-refractivity contribution is 6.20. The van der Waals surface area contributed by atoms with E-state index in [0.717, 1.165) is 5.56 Å². The minimum absolute atomic E-state index is 0.120. The predicted octanol–water partition coefficient (Wildman–Crippen LogP) is 3.62. The lowest BCUT2D eigenvalue weighted by Gasteiger charge is -2.09. The van der Waals surface area contributed by atoms with Gasteiger partial charge in [-0.1, -0.05) is 29.8 Å². The van der Waals surface area contributed by atoms with Crippen LogP contribution < -0.4 is 0 Å². The van der Waals surface area contributed by atoms with Crippen molar-refractivity contribution < 1.29 is 9.53 Å². The van der Waals surface area contributed by atoms with Crippen molar-refractivity contribution in [3.63, 3.8) is 0 Å². The van der Waals surface area contributed by atoms with Crippen molar-refractivity contribution in [3.05, 3.63) is 35.4 Å². The van der Waals surface area contributed by atoms with Gasteiger partial charge in [0.2, 0.25) is 0 Å². The van der Waals surface area contributed by atoms with E-state index < -0.39 is 0 Å². The summed E-state index contributed by atoms with van der Waals surface area (Å²) in [5.74, 6) is -0.180. The summed E-state index contributed by atoms with van der Waals surface area (Å²) in [5.41, 5.74) is 2.26. The zero-order chi connectivity index (χ0) is 12.0. The Balaban J connectivity index is 2.43. The zero-order valence-corrected chi connectivity index (χ0v) is 10.5. The topological polar surface area (TPSA) is 26.3 Å². The maximum absolute atomic E-state index is 11.2. The summed E-state index contributed by atoms with van der Waals surface area (Å²) in [6, 6.07) is 8.04. The molecule has 2 nitrogen and oxygen atoms in total. The minimum Gasteiger partial charge on any atom is -0.466 e. The van der Waals surface area contributed by atoms with Gasteiger partial charge in [-0.25, -0.2) is 0 Å². The van der Waals surface area contributed by atoms with Crippen molar-refractivity contribution in [2.75, 3.05) is 6.61 Å². The number of ether oxygens (including phenoxy) is 1. The largest absolute Gasteiger partial charge is 0.466 e. The van der Waals surface area contributed by atoms with Gasteiger partial charge in [0.15, 0.2) is 0 Å². The number of carbonyl (C=O) groups excluding carboxylic acids is 1. The smallest absolute Gasteiger partial charge is 0.305 e. The summed E-state index contributed by atoms with van der Waals surface area (Å²) in [7, 11) is 0. The van der Waals surface area contributed by atoms with Crippen LogP contribution in [0.2, 0.25) is 0 Å². The SMILES string of the molecule is CCOC(=O)CCC(Cl)c1ccc(C)cc1. The maximum atomic E-state index is 11.2. The molecule has 0 radical (unpaired) electrons. The van der Waals surface area contributed by atoms with Crippen LogP contribution in [0.3, 0.4) is 0 Å². The molecule has 0 N–H and O–H groups in total. The van der Waals surface area contributed by atoms with Crippen molar-refractivity contribution in [2.45, 2.75) is 32.1 Å². The van der Waals surface area contributed by atoms with Gasteiger partial charge in [-0.2, -0.15) is 0 Å². The van der Waals surface area contributed by atoms with E-state index in [1.54, 1.807) is 6.92 Å². The summed E-state index contributed by atoms with van der Waals surface area (Å²) in [4.78, 5) is 11.2. The molecule has 0 aliphatic carbocycles. The molecular formula is C13H17ClO2. The average molecular weight is 241 g/mol. The molecule has 1 aromatic rings. The van der Waals surface area contributed by atoms with Crippen LogP contribution in [0.5, 0.6) is 0 Å². The van der Waals surface area contributed by atoms with Crippen molar-refractivity contribution >= 4 is 17.6 Å². The van der Waals surface area contributed by atoms with Crippen molar-refractivity contribution in [2.24, 2.45) is 0 Å². The zero-order valence-electron chi connectivity index (χ0n) is 9.70. The quantitative estimate of drug-likeness (QED) is 0.581. The first-order valence-corrected chi connectivity index (χ1v) is 5.93. The van der Waals surface area contributed by atoms with Gasteiger partial charge < -0.3 is 4.74 Å². The van der Waals surface area contributed by atoms with Crippen LogP contribution in [0.4, 0.5) is 0 Å². The first-order valence-electron chi connectivity index (χ1n) is 5.49. The lowest BCUT2D eigenvalue weighted by atomic mass is 10.1.